The largest absolute Gasteiger partial charge is 0.497 e. The highest BCUT2D eigenvalue weighted by molar-refractivity contribution is 5.85. The van der Waals surface area contributed by atoms with Crippen molar-refractivity contribution in [3.63, 3.8) is 0 Å². The standard InChI is InChI=1S/C10H16N2O3.ClH/c1-13-8-3-4-9(14-2)10(7-8)15-6-5-12-11;/h3-4,7,12H,5-6,11H2,1-2H3;1H. The third kappa shape index (κ3) is 4.14. The average molecular weight is 249 g/mol. The maximum Gasteiger partial charge on any atom is 0.164 e. The molecule has 0 aromatic heterocycles. The molecule has 0 heterocycles. The number of hydrogen-bond acceptors (Lipinski definition) is 5. The predicted molar refractivity (Wildman–Crippen MR) is 64.5 cm³/mol. The van der Waals surface area contributed by atoms with Gasteiger partial charge in [0.2, 0.25) is 0 Å². The summed E-state index contributed by atoms with van der Waals surface area (Å²) in [7, 11) is 3.20. The van der Waals surface area contributed by atoms with E-state index in [-0.39, 0.29) is 12.4 Å². The fraction of sp³-hybridized carbons (Fsp3) is 0.400. The molecule has 0 fully saturated rings. The molecule has 92 valence electrons. The number of methoxy groups -OCH3 is 2. The van der Waals surface area contributed by atoms with Gasteiger partial charge in [-0.05, 0) is 12.1 Å². The molecule has 0 amide bonds. The van der Waals surface area contributed by atoms with Gasteiger partial charge in [0, 0.05) is 12.6 Å². The topological polar surface area (TPSA) is 65.7 Å². The Bertz CT molecular complexity index is 310. The van der Waals surface area contributed by atoms with Gasteiger partial charge in [0.15, 0.2) is 11.5 Å². The average Bonchev–Trinajstić information content (AvgIpc) is 2.29. The zero-order chi connectivity index (χ0) is 11.1. The van der Waals surface area contributed by atoms with Crippen molar-refractivity contribution < 1.29 is 14.2 Å². The number of ether oxygens (including phenoxy) is 3. The van der Waals surface area contributed by atoms with Gasteiger partial charge in [-0.25, -0.2) is 0 Å². The van der Waals surface area contributed by atoms with E-state index in [9.17, 15) is 0 Å². The van der Waals surface area contributed by atoms with Gasteiger partial charge in [0.25, 0.3) is 0 Å². The molecular weight excluding hydrogens is 232 g/mol. The number of halogens is 1. The van der Waals surface area contributed by atoms with Crippen molar-refractivity contribution in [2.45, 2.75) is 0 Å². The van der Waals surface area contributed by atoms with E-state index in [0.29, 0.717) is 24.7 Å². The lowest BCUT2D eigenvalue weighted by Crippen LogP contribution is -2.27. The van der Waals surface area contributed by atoms with Crippen LogP contribution in [0.15, 0.2) is 18.2 Å². The first-order chi connectivity index (χ1) is 7.31. The SMILES string of the molecule is COc1ccc(OC)c(OCCNN)c1.Cl. The van der Waals surface area contributed by atoms with E-state index >= 15 is 0 Å². The smallest absolute Gasteiger partial charge is 0.164 e. The van der Waals surface area contributed by atoms with Crippen molar-refractivity contribution in [3.05, 3.63) is 18.2 Å². The van der Waals surface area contributed by atoms with Gasteiger partial charge in [-0.1, -0.05) is 0 Å². The Labute approximate surface area is 101 Å². The summed E-state index contributed by atoms with van der Waals surface area (Å²) in [5.41, 5.74) is 2.51. The van der Waals surface area contributed by atoms with Gasteiger partial charge in [-0.2, -0.15) is 0 Å². The van der Waals surface area contributed by atoms with Crippen LogP contribution in [0.2, 0.25) is 0 Å². The van der Waals surface area contributed by atoms with Gasteiger partial charge in [0.05, 0.1) is 14.2 Å². The molecule has 5 nitrogen and oxygen atoms in total. The van der Waals surface area contributed by atoms with Crippen molar-refractivity contribution in [2.24, 2.45) is 5.84 Å². The second kappa shape index (κ2) is 8.04. The molecule has 3 N–H and O–H groups in total. The Balaban J connectivity index is 0.00000225. The van der Waals surface area contributed by atoms with Crippen LogP contribution in [0.1, 0.15) is 0 Å². The van der Waals surface area contributed by atoms with E-state index < -0.39 is 0 Å². The second-order valence-corrected chi connectivity index (χ2v) is 2.82. The Morgan fingerprint density at radius 1 is 1.19 bits per heavy atom. The summed E-state index contributed by atoms with van der Waals surface area (Å²) in [6.45, 7) is 1.04. The number of nitrogens with one attached hydrogen (secondary N) is 1. The minimum absolute atomic E-state index is 0. The molecule has 0 atom stereocenters. The maximum absolute atomic E-state index is 5.46. The molecule has 0 aliphatic carbocycles. The summed E-state index contributed by atoms with van der Waals surface area (Å²) in [6.07, 6.45) is 0. The van der Waals surface area contributed by atoms with Crippen molar-refractivity contribution in [3.8, 4) is 17.2 Å². The van der Waals surface area contributed by atoms with Crippen LogP contribution in [0, 0.1) is 0 Å². The fourth-order valence-corrected chi connectivity index (χ4v) is 1.12. The van der Waals surface area contributed by atoms with Crippen LogP contribution in [-0.4, -0.2) is 27.4 Å². The van der Waals surface area contributed by atoms with Crippen molar-refractivity contribution in [1.82, 2.24) is 5.43 Å². The van der Waals surface area contributed by atoms with Crippen LogP contribution in [0.25, 0.3) is 0 Å². The number of nitrogens with two attached hydrogens (primary N) is 1. The lowest BCUT2D eigenvalue weighted by molar-refractivity contribution is 0.290. The van der Waals surface area contributed by atoms with Gasteiger partial charge < -0.3 is 14.2 Å². The van der Waals surface area contributed by atoms with Crippen LogP contribution in [-0.2, 0) is 0 Å². The summed E-state index contributed by atoms with van der Waals surface area (Å²) < 4.78 is 15.7. The molecule has 1 aromatic rings. The van der Waals surface area contributed by atoms with E-state index in [0.717, 1.165) is 5.75 Å². The summed E-state index contributed by atoms with van der Waals surface area (Å²) in [5.74, 6) is 7.18. The number of hydrogen-bond donors (Lipinski definition) is 2. The molecule has 1 rings (SSSR count). The molecule has 6 heteroatoms. The van der Waals surface area contributed by atoms with E-state index in [2.05, 4.69) is 5.43 Å². The maximum atomic E-state index is 5.46. The van der Waals surface area contributed by atoms with E-state index in [4.69, 9.17) is 20.1 Å². The molecule has 0 aliphatic rings. The van der Waals surface area contributed by atoms with E-state index in [1.165, 1.54) is 0 Å². The first-order valence-corrected chi connectivity index (χ1v) is 4.60. The first kappa shape index (κ1) is 14.8. The third-order valence-electron chi connectivity index (χ3n) is 1.87. The molecule has 0 aliphatic heterocycles. The molecule has 0 spiro atoms. The van der Waals surface area contributed by atoms with Crippen LogP contribution >= 0.6 is 12.4 Å². The Morgan fingerprint density at radius 2 is 1.94 bits per heavy atom. The van der Waals surface area contributed by atoms with Crippen LogP contribution in [0.3, 0.4) is 0 Å². The number of rotatable bonds is 6. The molecule has 16 heavy (non-hydrogen) atoms. The number of benzene rings is 1. The monoisotopic (exact) mass is 248 g/mol. The summed E-state index contributed by atoms with van der Waals surface area (Å²) in [6, 6.07) is 5.38. The highest BCUT2D eigenvalue weighted by Crippen LogP contribution is 2.30. The van der Waals surface area contributed by atoms with E-state index in [1.54, 1.807) is 26.4 Å². The van der Waals surface area contributed by atoms with Crippen LogP contribution < -0.4 is 25.5 Å². The van der Waals surface area contributed by atoms with Crippen LogP contribution in [0.5, 0.6) is 17.2 Å². The molecule has 0 saturated carbocycles. The zero-order valence-corrected chi connectivity index (χ0v) is 10.2. The fourth-order valence-electron chi connectivity index (χ4n) is 1.12. The predicted octanol–water partition coefficient (Wildman–Crippen LogP) is 0.968. The Hall–Kier alpha value is -1.17. The molecule has 0 radical (unpaired) electrons. The van der Waals surface area contributed by atoms with Crippen LogP contribution in [0.4, 0.5) is 0 Å². The number of hydrazine groups is 1. The van der Waals surface area contributed by atoms with Gasteiger partial charge >= 0.3 is 0 Å². The molecule has 1 aromatic carbocycles. The van der Waals surface area contributed by atoms with Crippen molar-refractivity contribution in [1.29, 1.82) is 0 Å². The lowest BCUT2D eigenvalue weighted by Gasteiger charge is -2.11. The first-order valence-electron chi connectivity index (χ1n) is 4.60. The lowest BCUT2D eigenvalue weighted by atomic mass is 10.3. The minimum atomic E-state index is 0. The quantitative estimate of drug-likeness (QED) is 0.446. The Kier molecular flexibility index (Phi) is 7.45. The molecule has 0 bridgehead atoms. The second-order valence-electron chi connectivity index (χ2n) is 2.82. The van der Waals surface area contributed by atoms with Gasteiger partial charge in [0.1, 0.15) is 12.4 Å². The van der Waals surface area contributed by atoms with Crippen molar-refractivity contribution >= 4 is 12.4 Å². The highest BCUT2D eigenvalue weighted by Gasteiger charge is 2.05. The molecule has 0 unspecified atom stereocenters. The normalized spacial score (nSPS) is 9.19. The summed E-state index contributed by atoms with van der Waals surface area (Å²) in [4.78, 5) is 0. The third-order valence-corrected chi connectivity index (χ3v) is 1.87. The van der Waals surface area contributed by atoms with E-state index in [1.807, 2.05) is 6.07 Å². The highest BCUT2D eigenvalue weighted by atomic mass is 35.5. The summed E-state index contributed by atoms with van der Waals surface area (Å²) in [5, 5.41) is 0. The summed E-state index contributed by atoms with van der Waals surface area (Å²) >= 11 is 0. The molecular formula is C10H17ClN2O3. The molecule has 0 saturated heterocycles. The minimum Gasteiger partial charge on any atom is -0.497 e. The van der Waals surface area contributed by atoms with Gasteiger partial charge in [-0.3, -0.25) is 11.3 Å². The van der Waals surface area contributed by atoms with Crippen molar-refractivity contribution in [2.75, 3.05) is 27.4 Å². The van der Waals surface area contributed by atoms with Gasteiger partial charge in [-0.15, -0.1) is 12.4 Å². The Morgan fingerprint density at radius 3 is 2.50 bits per heavy atom. The zero-order valence-electron chi connectivity index (χ0n) is 9.36.